The Kier molecular flexibility index (Phi) is 3.51. The molecule has 0 unspecified atom stereocenters. The lowest BCUT2D eigenvalue weighted by molar-refractivity contribution is 0.459. The number of aromatic amines is 1. The number of H-pyrrole nitrogens is 1. The molecule has 0 radical (unpaired) electrons. The minimum Gasteiger partial charge on any atom is -0.439 e. The molecule has 3 rings (SSSR count). The number of aryl methyl sites for hydroxylation is 1. The first-order chi connectivity index (χ1) is 10.2. The Bertz CT molecular complexity index is 793. The van der Waals surface area contributed by atoms with Crippen LogP contribution in [0.15, 0.2) is 65.5 Å². The zero-order chi connectivity index (χ0) is 14.7. The number of nitrogens with one attached hydrogen (secondary N) is 1. The molecule has 104 valence electrons. The Balaban J connectivity index is 1.83. The fraction of sp³-hybridized carbons (Fsp3) is 0.0588. The van der Waals surface area contributed by atoms with E-state index in [4.69, 9.17) is 4.74 Å². The second-order valence-electron chi connectivity index (χ2n) is 4.66. The van der Waals surface area contributed by atoms with E-state index in [1.165, 1.54) is 6.07 Å². The molecule has 21 heavy (non-hydrogen) atoms. The van der Waals surface area contributed by atoms with Gasteiger partial charge >= 0.3 is 0 Å². The average molecular weight is 278 g/mol. The van der Waals surface area contributed by atoms with Gasteiger partial charge in [0, 0.05) is 0 Å². The van der Waals surface area contributed by atoms with Crippen LogP contribution in [-0.2, 0) is 0 Å². The summed E-state index contributed by atoms with van der Waals surface area (Å²) in [4.78, 5) is 18.1. The first-order valence-electron chi connectivity index (χ1n) is 6.62. The molecular formula is C17H14N2O2. The monoisotopic (exact) mass is 278 g/mol. The molecule has 1 aromatic heterocycles. The second kappa shape index (κ2) is 5.63. The van der Waals surface area contributed by atoms with Crippen molar-refractivity contribution in [3.63, 3.8) is 0 Å². The standard InChI is InChI=1S/C17H14N2O2/c1-12-18-16(20)11-17(19-12)21-15-9-7-14(8-10-15)13-5-3-2-4-6-13/h2-11H,1H3,(H,18,19,20). The molecule has 0 saturated carbocycles. The maximum absolute atomic E-state index is 11.4. The van der Waals surface area contributed by atoms with Gasteiger partial charge in [-0.15, -0.1) is 0 Å². The first-order valence-corrected chi connectivity index (χ1v) is 6.62. The van der Waals surface area contributed by atoms with Crippen LogP contribution in [0.2, 0.25) is 0 Å². The van der Waals surface area contributed by atoms with Gasteiger partial charge in [0.1, 0.15) is 11.6 Å². The molecule has 0 aliphatic heterocycles. The topological polar surface area (TPSA) is 55.0 Å². The number of ether oxygens (including phenoxy) is 1. The molecule has 0 spiro atoms. The lowest BCUT2D eigenvalue weighted by atomic mass is 10.1. The molecule has 0 bridgehead atoms. The lowest BCUT2D eigenvalue weighted by Gasteiger charge is -2.06. The Labute approximate surface area is 122 Å². The first kappa shape index (κ1) is 13.1. The van der Waals surface area contributed by atoms with Crippen LogP contribution < -0.4 is 10.3 Å². The van der Waals surface area contributed by atoms with Gasteiger partial charge in [-0.25, -0.2) is 4.98 Å². The van der Waals surface area contributed by atoms with Crippen molar-refractivity contribution in [1.82, 2.24) is 9.97 Å². The highest BCUT2D eigenvalue weighted by Gasteiger charge is 2.02. The van der Waals surface area contributed by atoms with Gasteiger partial charge in [-0.3, -0.25) is 4.79 Å². The summed E-state index contributed by atoms with van der Waals surface area (Å²) in [5.41, 5.74) is 2.03. The van der Waals surface area contributed by atoms with E-state index in [2.05, 4.69) is 22.1 Å². The summed E-state index contributed by atoms with van der Waals surface area (Å²) in [5.74, 6) is 1.47. The van der Waals surface area contributed by atoms with Crippen molar-refractivity contribution in [1.29, 1.82) is 0 Å². The average Bonchev–Trinajstić information content (AvgIpc) is 2.48. The van der Waals surface area contributed by atoms with Crippen LogP contribution in [0.5, 0.6) is 11.6 Å². The van der Waals surface area contributed by atoms with Crippen molar-refractivity contribution in [3.05, 3.63) is 76.8 Å². The Morgan fingerprint density at radius 2 is 1.62 bits per heavy atom. The molecule has 1 N–H and O–H groups in total. The molecular weight excluding hydrogens is 264 g/mol. The van der Waals surface area contributed by atoms with Crippen LogP contribution in [0, 0.1) is 6.92 Å². The maximum Gasteiger partial charge on any atom is 0.254 e. The highest BCUT2D eigenvalue weighted by Crippen LogP contribution is 2.24. The number of aromatic nitrogens is 2. The number of nitrogens with zero attached hydrogens (tertiary/aromatic N) is 1. The molecule has 4 nitrogen and oxygen atoms in total. The van der Waals surface area contributed by atoms with E-state index in [0.717, 1.165) is 11.1 Å². The van der Waals surface area contributed by atoms with Crippen molar-refractivity contribution >= 4 is 0 Å². The minimum absolute atomic E-state index is 0.224. The van der Waals surface area contributed by atoms with E-state index in [0.29, 0.717) is 17.5 Å². The zero-order valence-electron chi connectivity index (χ0n) is 11.5. The Morgan fingerprint density at radius 3 is 2.29 bits per heavy atom. The Morgan fingerprint density at radius 1 is 0.952 bits per heavy atom. The summed E-state index contributed by atoms with van der Waals surface area (Å²) >= 11 is 0. The number of benzene rings is 2. The highest BCUT2D eigenvalue weighted by molar-refractivity contribution is 5.63. The summed E-state index contributed by atoms with van der Waals surface area (Å²) < 4.78 is 5.60. The van der Waals surface area contributed by atoms with Crippen molar-refractivity contribution in [2.75, 3.05) is 0 Å². The Hall–Kier alpha value is -2.88. The molecule has 3 aromatic rings. The second-order valence-corrected chi connectivity index (χ2v) is 4.66. The summed E-state index contributed by atoms with van der Waals surface area (Å²) in [6.07, 6.45) is 0. The predicted molar refractivity (Wildman–Crippen MR) is 81.5 cm³/mol. The molecule has 4 heteroatoms. The van der Waals surface area contributed by atoms with Crippen LogP contribution in [-0.4, -0.2) is 9.97 Å². The molecule has 0 aliphatic carbocycles. The fourth-order valence-electron chi connectivity index (χ4n) is 2.07. The molecule has 2 aromatic carbocycles. The number of rotatable bonds is 3. The molecule has 0 atom stereocenters. The van der Waals surface area contributed by atoms with E-state index in [1.54, 1.807) is 6.92 Å². The minimum atomic E-state index is -0.224. The van der Waals surface area contributed by atoms with E-state index in [1.807, 2.05) is 42.5 Å². The van der Waals surface area contributed by atoms with Gasteiger partial charge in [-0.1, -0.05) is 42.5 Å². The summed E-state index contributed by atoms with van der Waals surface area (Å²) in [7, 11) is 0. The summed E-state index contributed by atoms with van der Waals surface area (Å²) in [6.45, 7) is 1.72. The van der Waals surface area contributed by atoms with Gasteiger partial charge in [0.05, 0.1) is 6.07 Å². The largest absolute Gasteiger partial charge is 0.439 e. The predicted octanol–water partition coefficient (Wildman–Crippen LogP) is 3.54. The molecule has 0 saturated heterocycles. The van der Waals surface area contributed by atoms with Crippen LogP contribution in [0.1, 0.15) is 5.82 Å². The fourth-order valence-corrected chi connectivity index (χ4v) is 2.07. The molecule has 0 aliphatic rings. The zero-order valence-corrected chi connectivity index (χ0v) is 11.5. The van der Waals surface area contributed by atoms with E-state index >= 15 is 0 Å². The third-order valence-corrected chi connectivity index (χ3v) is 3.02. The quantitative estimate of drug-likeness (QED) is 0.797. The lowest BCUT2D eigenvalue weighted by Crippen LogP contribution is -2.08. The molecule has 0 fully saturated rings. The third kappa shape index (κ3) is 3.17. The van der Waals surface area contributed by atoms with Gasteiger partial charge in [0.2, 0.25) is 5.88 Å². The van der Waals surface area contributed by atoms with E-state index in [9.17, 15) is 4.79 Å². The van der Waals surface area contributed by atoms with Crippen molar-refractivity contribution in [2.45, 2.75) is 6.92 Å². The highest BCUT2D eigenvalue weighted by atomic mass is 16.5. The normalized spacial score (nSPS) is 10.3. The van der Waals surface area contributed by atoms with Crippen molar-refractivity contribution in [3.8, 4) is 22.8 Å². The van der Waals surface area contributed by atoms with Crippen molar-refractivity contribution in [2.24, 2.45) is 0 Å². The maximum atomic E-state index is 11.4. The van der Waals surface area contributed by atoms with E-state index in [-0.39, 0.29) is 5.56 Å². The SMILES string of the molecule is Cc1nc(Oc2ccc(-c3ccccc3)cc2)cc(=O)[nH]1. The van der Waals surface area contributed by atoms with Crippen LogP contribution in [0.25, 0.3) is 11.1 Å². The molecule has 1 heterocycles. The van der Waals surface area contributed by atoms with Crippen molar-refractivity contribution < 1.29 is 4.74 Å². The number of hydrogen-bond acceptors (Lipinski definition) is 3. The number of hydrogen-bond donors (Lipinski definition) is 1. The van der Waals surface area contributed by atoms with Gasteiger partial charge in [-0.2, -0.15) is 0 Å². The summed E-state index contributed by atoms with van der Waals surface area (Å²) in [6, 6.07) is 19.1. The van der Waals surface area contributed by atoms with Crippen LogP contribution in [0.3, 0.4) is 0 Å². The molecule has 0 amide bonds. The van der Waals surface area contributed by atoms with Crippen LogP contribution >= 0.6 is 0 Å². The van der Waals surface area contributed by atoms with Crippen LogP contribution in [0.4, 0.5) is 0 Å². The van der Waals surface area contributed by atoms with Gasteiger partial charge in [-0.05, 0) is 30.2 Å². The van der Waals surface area contributed by atoms with Gasteiger partial charge in [0.25, 0.3) is 5.56 Å². The van der Waals surface area contributed by atoms with Gasteiger partial charge < -0.3 is 9.72 Å². The summed E-state index contributed by atoms with van der Waals surface area (Å²) in [5, 5.41) is 0. The smallest absolute Gasteiger partial charge is 0.254 e. The van der Waals surface area contributed by atoms with Gasteiger partial charge in [0.15, 0.2) is 0 Å². The van der Waals surface area contributed by atoms with E-state index < -0.39 is 0 Å². The third-order valence-electron chi connectivity index (χ3n) is 3.02.